The Labute approximate surface area is 129 Å². The van der Waals surface area contributed by atoms with Crippen LogP contribution in [-0.4, -0.2) is 11.5 Å². The Hall–Kier alpha value is -2.15. The third-order valence-electron chi connectivity index (χ3n) is 2.64. The second kappa shape index (κ2) is 7.22. The van der Waals surface area contributed by atoms with Gasteiger partial charge < -0.3 is 10.6 Å². The Morgan fingerprint density at radius 1 is 1.00 bits per heavy atom. The summed E-state index contributed by atoms with van der Waals surface area (Å²) >= 11 is -0.192. The van der Waals surface area contributed by atoms with Gasteiger partial charge in [0.1, 0.15) is 0 Å². The molecule has 0 bridgehead atoms. The number of amides is 2. The molecule has 2 amide bonds. The summed E-state index contributed by atoms with van der Waals surface area (Å²) in [6.45, 7) is 0.370. The zero-order chi connectivity index (χ0) is 16.0. The van der Waals surface area contributed by atoms with E-state index >= 15 is 0 Å². The highest BCUT2D eigenvalue weighted by atomic mass is 32.2. The molecule has 0 heterocycles. The number of halogens is 3. The third kappa shape index (κ3) is 5.69. The van der Waals surface area contributed by atoms with Crippen molar-refractivity contribution in [3.63, 3.8) is 0 Å². The monoisotopic (exact) mass is 326 g/mol. The van der Waals surface area contributed by atoms with Crippen LogP contribution >= 0.6 is 11.8 Å². The lowest BCUT2D eigenvalue weighted by molar-refractivity contribution is -0.0328. The van der Waals surface area contributed by atoms with Gasteiger partial charge in [0.15, 0.2) is 0 Å². The van der Waals surface area contributed by atoms with Gasteiger partial charge >= 0.3 is 11.5 Å². The first-order valence-corrected chi connectivity index (χ1v) is 7.18. The number of thioether (sulfide) groups is 1. The van der Waals surface area contributed by atoms with Gasteiger partial charge in [-0.1, -0.05) is 30.3 Å². The van der Waals surface area contributed by atoms with Crippen molar-refractivity contribution < 1.29 is 18.0 Å². The Bertz CT molecular complexity index is 615. The van der Waals surface area contributed by atoms with E-state index in [0.717, 1.165) is 5.56 Å². The van der Waals surface area contributed by atoms with E-state index in [0.29, 0.717) is 12.2 Å². The van der Waals surface area contributed by atoms with E-state index in [-0.39, 0.29) is 16.7 Å². The predicted octanol–water partition coefficient (Wildman–Crippen LogP) is 4.62. The van der Waals surface area contributed by atoms with Crippen molar-refractivity contribution in [2.45, 2.75) is 16.9 Å². The SMILES string of the molecule is O=C(NCc1ccccc1)Nc1ccc(SC(F)(F)F)cc1. The van der Waals surface area contributed by atoms with Gasteiger partial charge in [0.25, 0.3) is 0 Å². The fraction of sp³-hybridized carbons (Fsp3) is 0.133. The summed E-state index contributed by atoms with van der Waals surface area (Å²) in [5.41, 5.74) is -2.94. The largest absolute Gasteiger partial charge is 0.446 e. The van der Waals surface area contributed by atoms with Gasteiger partial charge in [-0.15, -0.1) is 0 Å². The highest BCUT2D eigenvalue weighted by Crippen LogP contribution is 2.36. The number of hydrogen-bond donors (Lipinski definition) is 2. The maximum absolute atomic E-state index is 12.2. The molecular formula is C15H13F3N2OS. The molecule has 0 fully saturated rings. The second-order valence-electron chi connectivity index (χ2n) is 4.37. The predicted molar refractivity (Wildman–Crippen MR) is 80.7 cm³/mol. The van der Waals surface area contributed by atoms with Crippen LogP contribution < -0.4 is 10.6 Å². The molecule has 2 aromatic carbocycles. The van der Waals surface area contributed by atoms with E-state index < -0.39 is 11.5 Å². The fourth-order valence-corrected chi connectivity index (χ4v) is 2.23. The summed E-state index contributed by atoms with van der Waals surface area (Å²) in [5, 5.41) is 5.23. The zero-order valence-corrected chi connectivity index (χ0v) is 12.2. The van der Waals surface area contributed by atoms with Crippen molar-refractivity contribution in [2.75, 3.05) is 5.32 Å². The standard InChI is InChI=1S/C15H13F3N2OS/c16-15(17,18)22-13-8-6-12(7-9-13)20-14(21)19-10-11-4-2-1-3-5-11/h1-9H,10H2,(H2,19,20,21). The topological polar surface area (TPSA) is 41.1 Å². The van der Waals surface area contributed by atoms with Crippen LogP contribution in [0.2, 0.25) is 0 Å². The van der Waals surface area contributed by atoms with Gasteiger partial charge in [0.2, 0.25) is 0 Å². The molecule has 0 atom stereocenters. The molecule has 0 unspecified atom stereocenters. The first kappa shape index (κ1) is 16.2. The highest BCUT2D eigenvalue weighted by Gasteiger charge is 2.28. The van der Waals surface area contributed by atoms with Crippen LogP contribution in [0.5, 0.6) is 0 Å². The van der Waals surface area contributed by atoms with Crippen molar-refractivity contribution in [2.24, 2.45) is 0 Å². The molecule has 3 nitrogen and oxygen atoms in total. The molecule has 0 saturated carbocycles. The van der Waals surface area contributed by atoms with Crippen LogP contribution in [0.25, 0.3) is 0 Å². The molecule has 2 rings (SSSR count). The van der Waals surface area contributed by atoms with Crippen molar-refractivity contribution in [1.82, 2.24) is 5.32 Å². The lowest BCUT2D eigenvalue weighted by Crippen LogP contribution is -2.28. The number of urea groups is 1. The maximum atomic E-state index is 12.2. The molecule has 0 aliphatic carbocycles. The molecule has 2 aromatic rings. The molecule has 7 heteroatoms. The minimum absolute atomic E-state index is 0.0720. The molecule has 0 saturated heterocycles. The van der Waals surface area contributed by atoms with Crippen LogP contribution in [0.1, 0.15) is 5.56 Å². The number of alkyl halides is 3. The molecule has 0 radical (unpaired) electrons. The summed E-state index contributed by atoms with van der Waals surface area (Å²) < 4.78 is 36.6. The van der Waals surface area contributed by atoms with Crippen LogP contribution in [0.3, 0.4) is 0 Å². The fourth-order valence-electron chi connectivity index (χ4n) is 1.69. The van der Waals surface area contributed by atoms with E-state index in [1.54, 1.807) is 0 Å². The van der Waals surface area contributed by atoms with Gasteiger partial charge in [-0.25, -0.2) is 4.79 Å². The summed E-state index contributed by atoms with van der Waals surface area (Å²) in [4.78, 5) is 11.8. The Morgan fingerprint density at radius 2 is 1.64 bits per heavy atom. The van der Waals surface area contributed by atoms with Crippen LogP contribution in [0.4, 0.5) is 23.7 Å². The van der Waals surface area contributed by atoms with Gasteiger partial charge in [-0.2, -0.15) is 13.2 Å². The van der Waals surface area contributed by atoms with Gasteiger partial charge in [0, 0.05) is 17.1 Å². The summed E-state index contributed by atoms with van der Waals surface area (Å²) in [6.07, 6.45) is 0. The average molecular weight is 326 g/mol. The molecule has 0 spiro atoms. The first-order chi connectivity index (χ1) is 10.4. The number of carbonyl (C=O) groups excluding carboxylic acids is 1. The molecule has 0 aliphatic heterocycles. The molecule has 0 aromatic heterocycles. The number of anilines is 1. The Morgan fingerprint density at radius 3 is 2.23 bits per heavy atom. The molecule has 116 valence electrons. The van der Waals surface area contributed by atoms with Crippen molar-refractivity contribution >= 4 is 23.5 Å². The van der Waals surface area contributed by atoms with Gasteiger partial charge in [-0.05, 0) is 41.6 Å². The summed E-state index contributed by atoms with van der Waals surface area (Å²) in [6, 6.07) is 14.4. The number of nitrogens with one attached hydrogen (secondary N) is 2. The average Bonchev–Trinajstić information content (AvgIpc) is 2.47. The number of rotatable bonds is 4. The minimum Gasteiger partial charge on any atom is -0.334 e. The molecule has 2 N–H and O–H groups in total. The van der Waals surface area contributed by atoms with Gasteiger partial charge in [0.05, 0.1) is 0 Å². The zero-order valence-electron chi connectivity index (χ0n) is 11.4. The van der Waals surface area contributed by atoms with Crippen molar-refractivity contribution in [3.05, 3.63) is 60.2 Å². The quantitative estimate of drug-likeness (QED) is 0.805. The highest BCUT2D eigenvalue weighted by molar-refractivity contribution is 8.00. The van der Waals surface area contributed by atoms with Crippen molar-refractivity contribution in [3.8, 4) is 0 Å². The van der Waals surface area contributed by atoms with E-state index in [9.17, 15) is 18.0 Å². The first-order valence-electron chi connectivity index (χ1n) is 6.37. The van der Waals surface area contributed by atoms with E-state index in [1.807, 2.05) is 30.3 Å². The normalized spacial score (nSPS) is 11.0. The lowest BCUT2D eigenvalue weighted by Gasteiger charge is -2.09. The number of carbonyl (C=O) groups is 1. The van der Waals surface area contributed by atoms with Crippen molar-refractivity contribution in [1.29, 1.82) is 0 Å². The van der Waals surface area contributed by atoms with E-state index in [1.165, 1.54) is 24.3 Å². The minimum atomic E-state index is -4.32. The van der Waals surface area contributed by atoms with Crippen LogP contribution in [-0.2, 0) is 6.54 Å². The van der Waals surface area contributed by atoms with E-state index in [4.69, 9.17) is 0 Å². The molecular weight excluding hydrogens is 313 g/mol. The summed E-state index contributed by atoms with van der Waals surface area (Å²) in [5.74, 6) is 0. The second-order valence-corrected chi connectivity index (χ2v) is 5.50. The maximum Gasteiger partial charge on any atom is 0.446 e. The Kier molecular flexibility index (Phi) is 5.32. The number of benzene rings is 2. The third-order valence-corrected chi connectivity index (χ3v) is 3.38. The van der Waals surface area contributed by atoms with Crippen LogP contribution in [0, 0.1) is 0 Å². The van der Waals surface area contributed by atoms with Gasteiger partial charge in [-0.3, -0.25) is 0 Å². The molecule has 22 heavy (non-hydrogen) atoms. The van der Waals surface area contributed by atoms with E-state index in [2.05, 4.69) is 10.6 Å². The lowest BCUT2D eigenvalue weighted by atomic mass is 10.2. The Balaban J connectivity index is 1.84. The van der Waals surface area contributed by atoms with Crippen LogP contribution in [0.15, 0.2) is 59.5 Å². The molecule has 0 aliphatic rings. The number of hydrogen-bond acceptors (Lipinski definition) is 2. The smallest absolute Gasteiger partial charge is 0.334 e. The summed E-state index contributed by atoms with van der Waals surface area (Å²) in [7, 11) is 0.